The second-order valence-electron chi connectivity index (χ2n) is 8.88. The number of esters is 1. The summed E-state index contributed by atoms with van der Waals surface area (Å²) in [4.78, 5) is 30.0. The molecular formula is C26H32N4O3. The minimum Gasteiger partial charge on any atom is -0.466 e. The number of hydrogen-bond donors (Lipinski definition) is 2. The summed E-state index contributed by atoms with van der Waals surface area (Å²) in [5.41, 5.74) is 6.84. The molecule has 0 radical (unpaired) electrons. The number of piperazine rings is 1. The maximum atomic E-state index is 12.8. The second-order valence-corrected chi connectivity index (χ2v) is 8.88. The summed E-state index contributed by atoms with van der Waals surface area (Å²) < 4.78 is 5.10. The van der Waals surface area contributed by atoms with Crippen LogP contribution in [0.4, 0.5) is 10.5 Å². The smallest absolute Gasteiger partial charge is 0.338 e. The van der Waals surface area contributed by atoms with Gasteiger partial charge in [0.25, 0.3) is 0 Å². The molecule has 7 nitrogen and oxygen atoms in total. The number of urea groups is 1. The van der Waals surface area contributed by atoms with Gasteiger partial charge < -0.3 is 20.3 Å². The Morgan fingerprint density at radius 1 is 1.00 bits per heavy atom. The number of carbonyl (C=O) groups excluding carboxylic acids is 2. The number of rotatable bonds is 5. The predicted octanol–water partition coefficient (Wildman–Crippen LogP) is 3.22. The number of nitrogens with one attached hydrogen (secondary N) is 2. The molecule has 0 spiro atoms. The third-order valence-electron chi connectivity index (χ3n) is 6.43. The average molecular weight is 449 g/mol. The standard InChI is InChI=1S/C26H32N4O3/c1-17-6-9-20(10-7-17)24-23(25(31)33-4)21(27-26(32)28-24)16-29-11-13-30(14-12-29)22-15-18(2)5-8-19(22)3/h5-10,15,24H,11-14,16H2,1-4H3,(H2,27,28,32)/t24-/m1/s1. The summed E-state index contributed by atoms with van der Waals surface area (Å²) in [6, 6.07) is 13.5. The molecule has 174 valence electrons. The van der Waals surface area contributed by atoms with Crippen LogP contribution < -0.4 is 15.5 Å². The van der Waals surface area contributed by atoms with Crippen molar-refractivity contribution >= 4 is 17.7 Å². The number of hydrogen-bond acceptors (Lipinski definition) is 5. The first-order chi connectivity index (χ1) is 15.9. The Kier molecular flexibility index (Phi) is 6.70. The number of nitrogens with zero attached hydrogens (tertiary/aromatic N) is 2. The molecule has 0 saturated carbocycles. The molecule has 1 atom stereocenters. The predicted molar refractivity (Wildman–Crippen MR) is 129 cm³/mol. The SMILES string of the molecule is COC(=O)C1=C(CN2CCN(c3cc(C)ccc3C)CC2)NC(=O)N[C@@H]1c1ccc(C)cc1. The molecular weight excluding hydrogens is 416 g/mol. The molecule has 1 saturated heterocycles. The normalized spacial score (nSPS) is 19.2. The Bertz CT molecular complexity index is 1070. The van der Waals surface area contributed by atoms with Gasteiger partial charge in [0, 0.05) is 44.1 Å². The lowest BCUT2D eigenvalue weighted by Crippen LogP contribution is -2.51. The van der Waals surface area contributed by atoms with Crippen LogP contribution in [0.2, 0.25) is 0 Å². The number of methoxy groups -OCH3 is 1. The monoisotopic (exact) mass is 448 g/mol. The van der Waals surface area contributed by atoms with Crippen molar-refractivity contribution in [1.82, 2.24) is 15.5 Å². The minimum atomic E-state index is -0.543. The van der Waals surface area contributed by atoms with Crippen LogP contribution in [-0.2, 0) is 9.53 Å². The first-order valence-electron chi connectivity index (χ1n) is 11.4. The molecule has 1 fully saturated rings. The van der Waals surface area contributed by atoms with Crippen LogP contribution in [-0.4, -0.2) is 56.7 Å². The van der Waals surface area contributed by atoms with Gasteiger partial charge >= 0.3 is 12.0 Å². The Morgan fingerprint density at radius 2 is 1.67 bits per heavy atom. The summed E-state index contributed by atoms with van der Waals surface area (Å²) in [5, 5.41) is 5.76. The van der Waals surface area contributed by atoms with Crippen molar-refractivity contribution in [3.05, 3.63) is 76.0 Å². The van der Waals surface area contributed by atoms with Gasteiger partial charge in [-0.15, -0.1) is 0 Å². The van der Waals surface area contributed by atoms with Crippen molar-refractivity contribution < 1.29 is 14.3 Å². The topological polar surface area (TPSA) is 73.9 Å². The number of benzene rings is 2. The molecule has 2 N–H and O–H groups in total. The van der Waals surface area contributed by atoms with E-state index in [1.165, 1.54) is 23.9 Å². The Balaban J connectivity index is 1.54. The van der Waals surface area contributed by atoms with E-state index in [2.05, 4.69) is 52.5 Å². The van der Waals surface area contributed by atoms with Crippen molar-refractivity contribution in [1.29, 1.82) is 0 Å². The molecule has 2 aromatic rings. The van der Waals surface area contributed by atoms with Crippen LogP contribution in [0.3, 0.4) is 0 Å². The summed E-state index contributed by atoms with van der Waals surface area (Å²) in [7, 11) is 1.37. The van der Waals surface area contributed by atoms with Crippen molar-refractivity contribution in [2.75, 3.05) is 44.7 Å². The van der Waals surface area contributed by atoms with E-state index in [1.807, 2.05) is 31.2 Å². The molecule has 7 heteroatoms. The summed E-state index contributed by atoms with van der Waals surface area (Å²) in [6.07, 6.45) is 0. The number of aryl methyl sites for hydroxylation is 3. The van der Waals surface area contributed by atoms with Gasteiger partial charge in [-0.25, -0.2) is 9.59 Å². The summed E-state index contributed by atoms with van der Waals surface area (Å²) in [6.45, 7) is 10.2. The first-order valence-corrected chi connectivity index (χ1v) is 11.4. The van der Waals surface area contributed by atoms with Crippen LogP contribution >= 0.6 is 0 Å². The fraction of sp³-hybridized carbons (Fsp3) is 0.385. The lowest BCUT2D eigenvalue weighted by Gasteiger charge is -2.38. The van der Waals surface area contributed by atoms with Crippen LogP contribution in [0.5, 0.6) is 0 Å². The third kappa shape index (κ3) is 5.03. The van der Waals surface area contributed by atoms with Crippen LogP contribution in [0, 0.1) is 20.8 Å². The largest absolute Gasteiger partial charge is 0.466 e. The Morgan fingerprint density at radius 3 is 2.33 bits per heavy atom. The highest BCUT2D eigenvalue weighted by atomic mass is 16.5. The summed E-state index contributed by atoms with van der Waals surface area (Å²) >= 11 is 0. The molecule has 0 aliphatic carbocycles. The van der Waals surface area contributed by atoms with Crippen LogP contribution in [0.1, 0.15) is 28.3 Å². The van der Waals surface area contributed by atoms with Gasteiger partial charge in [-0.1, -0.05) is 42.0 Å². The van der Waals surface area contributed by atoms with E-state index in [-0.39, 0.29) is 6.03 Å². The molecule has 4 rings (SSSR count). The fourth-order valence-corrected chi connectivity index (χ4v) is 4.53. The molecule has 33 heavy (non-hydrogen) atoms. The number of anilines is 1. The Hall–Kier alpha value is -3.32. The molecule has 2 aliphatic heterocycles. The van der Waals surface area contributed by atoms with E-state index in [4.69, 9.17) is 4.74 Å². The lowest BCUT2D eigenvalue weighted by atomic mass is 9.94. The van der Waals surface area contributed by atoms with Crippen molar-refractivity contribution in [2.45, 2.75) is 26.8 Å². The summed E-state index contributed by atoms with van der Waals surface area (Å²) in [5.74, 6) is -0.433. The first kappa shape index (κ1) is 22.9. The van der Waals surface area contributed by atoms with Crippen molar-refractivity contribution in [2.24, 2.45) is 0 Å². The van der Waals surface area contributed by atoms with Crippen LogP contribution in [0.15, 0.2) is 53.7 Å². The van der Waals surface area contributed by atoms with Gasteiger partial charge in [-0.3, -0.25) is 4.90 Å². The molecule has 0 bridgehead atoms. The highest BCUT2D eigenvalue weighted by Gasteiger charge is 2.34. The Labute approximate surface area is 195 Å². The number of amides is 2. The lowest BCUT2D eigenvalue weighted by molar-refractivity contribution is -0.136. The molecule has 2 aliphatic rings. The van der Waals surface area contributed by atoms with Crippen LogP contribution in [0.25, 0.3) is 0 Å². The molecule has 2 heterocycles. The zero-order valence-corrected chi connectivity index (χ0v) is 19.8. The molecule has 0 unspecified atom stereocenters. The van der Waals surface area contributed by atoms with E-state index in [9.17, 15) is 9.59 Å². The van der Waals surface area contributed by atoms with E-state index in [0.29, 0.717) is 17.8 Å². The van der Waals surface area contributed by atoms with Crippen molar-refractivity contribution in [3.8, 4) is 0 Å². The van der Waals surface area contributed by atoms with Gasteiger partial charge in [0.05, 0.1) is 18.7 Å². The highest BCUT2D eigenvalue weighted by molar-refractivity contribution is 5.95. The molecule has 0 aromatic heterocycles. The third-order valence-corrected chi connectivity index (χ3v) is 6.43. The highest BCUT2D eigenvalue weighted by Crippen LogP contribution is 2.29. The van der Waals surface area contributed by atoms with Gasteiger partial charge in [-0.2, -0.15) is 0 Å². The maximum absolute atomic E-state index is 12.8. The van der Waals surface area contributed by atoms with E-state index in [0.717, 1.165) is 37.3 Å². The minimum absolute atomic E-state index is 0.308. The molecule has 2 aromatic carbocycles. The van der Waals surface area contributed by atoms with Gasteiger partial charge in [0.1, 0.15) is 0 Å². The number of ether oxygens (including phenoxy) is 1. The fourth-order valence-electron chi connectivity index (χ4n) is 4.53. The second kappa shape index (κ2) is 9.67. The van der Waals surface area contributed by atoms with Gasteiger partial charge in [-0.05, 0) is 43.5 Å². The maximum Gasteiger partial charge on any atom is 0.338 e. The quantitative estimate of drug-likeness (QED) is 0.687. The molecule has 2 amide bonds. The number of carbonyl (C=O) groups is 2. The van der Waals surface area contributed by atoms with Gasteiger partial charge in [0.2, 0.25) is 0 Å². The zero-order chi connectivity index (χ0) is 23.5. The van der Waals surface area contributed by atoms with E-state index < -0.39 is 12.0 Å². The van der Waals surface area contributed by atoms with Crippen molar-refractivity contribution in [3.63, 3.8) is 0 Å². The van der Waals surface area contributed by atoms with E-state index >= 15 is 0 Å². The zero-order valence-electron chi connectivity index (χ0n) is 19.8. The average Bonchev–Trinajstić information content (AvgIpc) is 2.81. The van der Waals surface area contributed by atoms with E-state index in [1.54, 1.807) is 0 Å². The van der Waals surface area contributed by atoms with Gasteiger partial charge in [0.15, 0.2) is 0 Å².